The second kappa shape index (κ2) is 9.27. The fourth-order valence-electron chi connectivity index (χ4n) is 6.00. The number of hydrogen-bond donors (Lipinski definition) is 0. The molecule has 5 rings (SSSR count). The standard InChI is InChI=1S/C27H31NO5/c1-31-26(32-2)15-25(29)17-13-18-11-12-19(14-17)28(18)27(30)33-16-24-22-9-5-3-7-20(22)21-8-4-6-10-23(21)24/h3-10,17-19,24,26H,11-16H2,1-2H3. The number of carbonyl (C=O) groups excluding carboxylic acids is 2. The number of fused-ring (bicyclic) bond motifs is 5. The van der Waals surface area contributed by atoms with Crippen LogP contribution >= 0.6 is 0 Å². The van der Waals surface area contributed by atoms with Gasteiger partial charge in [-0.2, -0.15) is 0 Å². The van der Waals surface area contributed by atoms with E-state index in [4.69, 9.17) is 14.2 Å². The molecular formula is C27H31NO5. The van der Waals surface area contributed by atoms with Crippen molar-refractivity contribution in [2.24, 2.45) is 5.92 Å². The number of benzene rings is 2. The molecule has 6 heteroatoms. The van der Waals surface area contributed by atoms with Gasteiger partial charge in [-0.05, 0) is 47.9 Å². The van der Waals surface area contributed by atoms with E-state index in [1.165, 1.54) is 22.3 Å². The van der Waals surface area contributed by atoms with E-state index >= 15 is 0 Å². The van der Waals surface area contributed by atoms with Crippen molar-refractivity contribution in [3.05, 3.63) is 59.7 Å². The highest BCUT2D eigenvalue weighted by Gasteiger charge is 2.46. The molecule has 174 valence electrons. The van der Waals surface area contributed by atoms with Gasteiger partial charge >= 0.3 is 6.09 Å². The van der Waals surface area contributed by atoms with Crippen molar-refractivity contribution in [1.29, 1.82) is 0 Å². The normalized spacial score (nSPS) is 23.5. The molecule has 6 nitrogen and oxygen atoms in total. The van der Waals surface area contributed by atoms with Crippen molar-refractivity contribution in [2.75, 3.05) is 20.8 Å². The van der Waals surface area contributed by atoms with Gasteiger partial charge in [0.1, 0.15) is 12.4 Å². The number of ether oxygens (including phenoxy) is 3. The SMILES string of the molecule is COC(CC(=O)C1CC2CCC(C1)N2C(=O)OCC1c2ccccc2-c2ccccc21)OC. The molecular weight excluding hydrogens is 418 g/mol. The van der Waals surface area contributed by atoms with E-state index in [1.54, 1.807) is 14.2 Å². The largest absolute Gasteiger partial charge is 0.448 e. The number of ketones is 1. The summed E-state index contributed by atoms with van der Waals surface area (Å²) in [5.74, 6) is 0.166. The maximum Gasteiger partial charge on any atom is 0.410 e. The van der Waals surface area contributed by atoms with Gasteiger partial charge in [0.2, 0.25) is 0 Å². The Morgan fingerprint density at radius 1 is 0.909 bits per heavy atom. The smallest absolute Gasteiger partial charge is 0.410 e. The Morgan fingerprint density at radius 2 is 1.45 bits per heavy atom. The second-order valence-corrected chi connectivity index (χ2v) is 9.34. The number of methoxy groups -OCH3 is 2. The second-order valence-electron chi connectivity index (χ2n) is 9.34. The number of hydrogen-bond acceptors (Lipinski definition) is 5. The molecule has 0 N–H and O–H groups in total. The predicted octanol–water partition coefficient (Wildman–Crippen LogP) is 4.76. The van der Waals surface area contributed by atoms with Crippen LogP contribution in [0.15, 0.2) is 48.5 Å². The summed E-state index contributed by atoms with van der Waals surface area (Å²) >= 11 is 0. The molecule has 2 unspecified atom stereocenters. The molecule has 0 spiro atoms. The van der Waals surface area contributed by atoms with Gasteiger partial charge in [0.05, 0.1) is 6.42 Å². The summed E-state index contributed by atoms with van der Waals surface area (Å²) < 4.78 is 16.3. The minimum Gasteiger partial charge on any atom is -0.448 e. The average molecular weight is 450 g/mol. The van der Waals surface area contributed by atoms with E-state index in [9.17, 15) is 9.59 Å². The summed E-state index contributed by atoms with van der Waals surface area (Å²) in [6.45, 7) is 0.328. The lowest BCUT2D eigenvalue weighted by molar-refractivity contribution is -0.142. The molecule has 2 bridgehead atoms. The zero-order valence-electron chi connectivity index (χ0n) is 19.2. The van der Waals surface area contributed by atoms with Gasteiger partial charge < -0.3 is 19.1 Å². The monoisotopic (exact) mass is 449 g/mol. The molecule has 3 aliphatic rings. The van der Waals surface area contributed by atoms with E-state index in [0.29, 0.717) is 19.4 Å². The maximum atomic E-state index is 13.2. The van der Waals surface area contributed by atoms with Gasteiger partial charge in [0.15, 0.2) is 6.29 Å². The Labute approximate surface area is 194 Å². The number of amides is 1. The Kier molecular flexibility index (Phi) is 6.21. The molecule has 2 atom stereocenters. The summed E-state index contributed by atoms with van der Waals surface area (Å²) in [5.41, 5.74) is 4.87. The van der Waals surface area contributed by atoms with Crippen molar-refractivity contribution in [3.63, 3.8) is 0 Å². The van der Waals surface area contributed by atoms with Gasteiger partial charge in [0.25, 0.3) is 0 Å². The lowest BCUT2D eigenvalue weighted by Gasteiger charge is -2.38. The van der Waals surface area contributed by atoms with Crippen molar-refractivity contribution < 1.29 is 23.8 Å². The first-order valence-electron chi connectivity index (χ1n) is 11.8. The third-order valence-electron chi connectivity index (χ3n) is 7.63. The molecule has 2 aromatic rings. The van der Waals surface area contributed by atoms with Gasteiger partial charge in [-0.1, -0.05) is 48.5 Å². The Hall–Kier alpha value is -2.70. The van der Waals surface area contributed by atoms with Crippen LogP contribution in [-0.2, 0) is 19.0 Å². The summed E-state index contributed by atoms with van der Waals surface area (Å²) in [5, 5.41) is 0. The number of carbonyl (C=O) groups is 2. The first kappa shape index (κ1) is 22.1. The first-order valence-corrected chi connectivity index (χ1v) is 11.8. The van der Waals surface area contributed by atoms with Crippen molar-refractivity contribution in [1.82, 2.24) is 4.90 Å². The number of nitrogens with zero attached hydrogens (tertiary/aromatic N) is 1. The zero-order valence-corrected chi connectivity index (χ0v) is 19.2. The molecule has 2 saturated heterocycles. The Bertz CT molecular complexity index is 973. The topological polar surface area (TPSA) is 65.1 Å². The van der Waals surface area contributed by atoms with Crippen LogP contribution in [-0.4, -0.2) is 56.0 Å². The molecule has 2 heterocycles. The van der Waals surface area contributed by atoms with E-state index in [0.717, 1.165) is 12.8 Å². The number of rotatable bonds is 7. The summed E-state index contributed by atoms with van der Waals surface area (Å²) in [4.78, 5) is 27.8. The van der Waals surface area contributed by atoms with Crippen LogP contribution in [0.3, 0.4) is 0 Å². The molecule has 33 heavy (non-hydrogen) atoms. The predicted molar refractivity (Wildman–Crippen MR) is 124 cm³/mol. The Balaban J connectivity index is 1.24. The van der Waals surface area contributed by atoms with Gasteiger partial charge in [-0.25, -0.2) is 4.79 Å². The van der Waals surface area contributed by atoms with Gasteiger partial charge in [-0.15, -0.1) is 0 Å². The third kappa shape index (κ3) is 4.06. The van der Waals surface area contributed by atoms with Crippen LogP contribution in [0.2, 0.25) is 0 Å². The lowest BCUT2D eigenvalue weighted by Crippen LogP contribution is -2.48. The van der Waals surface area contributed by atoms with E-state index in [-0.39, 0.29) is 42.2 Å². The van der Waals surface area contributed by atoms with E-state index in [1.807, 2.05) is 17.0 Å². The summed E-state index contributed by atoms with van der Waals surface area (Å²) in [7, 11) is 3.09. The highest BCUT2D eigenvalue weighted by molar-refractivity contribution is 5.82. The summed E-state index contributed by atoms with van der Waals surface area (Å²) in [6.07, 6.45) is 2.74. The van der Waals surface area contributed by atoms with Crippen molar-refractivity contribution >= 4 is 11.9 Å². The highest BCUT2D eigenvalue weighted by atomic mass is 16.7. The molecule has 1 aliphatic carbocycles. The van der Waals surface area contributed by atoms with Crippen LogP contribution < -0.4 is 0 Å². The molecule has 0 aromatic heterocycles. The molecule has 0 radical (unpaired) electrons. The highest BCUT2D eigenvalue weighted by Crippen LogP contribution is 2.45. The summed E-state index contributed by atoms with van der Waals surface area (Å²) in [6, 6.07) is 16.8. The fourth-order valence-corrected chi connectivity index (χ4v) is 6.00. The maximum absolute atomic E-state index is 13.2. The quantitative estimate of drug-likeness (QED) is 0.571. The number of piperidine rings is 1. The Morgan fingerprint density at radius 3 is 2.00 bits per heavy atom. The van der Waals surface area contributed by atoms with Gasteiger partial charge in [-0.3, -0.25) is 4.79 Å². The van der Waals surface area contributed by atoms with Gasteiger partial charge in [0, 0.05) is 38.1 Å². The van der Waals surface area contributed by atoms with E-state index in [2.05, 4.69) is 36.4 Å². The molecule has 2 aromatic carbocycles. The van der Waals surface area contributed by atoms with Crippen LogP contribution in [0.5, 0.6) is 0 Å². The first-order chi connectivity index (χ1) is 16.1. The van der Waals surface area contributed by atoms with Crippen molar-refractivity contribution in [2.45, 2.75) is 56.4 Å². The van der Waals surface area contributed by atoms with Crippen LogP contribution in [0.1, 0.15) is 49.1 Å². The molecule has 1 amide bonds. The lowest BCUT2D eigenvalue weighted by atomic mass is 9.86. The fraction of sp³-hybridized carbons (Fsp3) is 0.481. The molecule has 0 saturated carbocycles. The average Bonchev–Trinajstić information content (AvgIpc) is 3.31. The minimum absolute atomic E-state index is 0.0482. The molecule has 2 fully saturated rings. The van der Waals surface area contributed by atoms with Crippen molar-refractivity contribution in [3.8, 4) is 11.1 Å². The van der Waals surface area contributed by atoms with Crippen LogP contribution in [0.4, 0.5) is 4.79 Å². The zero-order chi connectivity index (χ0) is 22.9. The number of Topliss-reactive ketones (excluding diaryl/α,β-unsaturated/α-hetero) is 1. The van der Waals surface area contributed by atoms with Crippen LogP contribution in [0.25, 0.3) is 11.1 Å². The van der Waals surface area contributed by atoms with E-state index < -0.39 is 6.29 Å². The van der Waals surface area contributed by atoms with Crippen LogP contribution in [0, 0.1) is 5.92 Å². The molecule has 2 aliphatic heterocycles. The third-order valence-corrected chi connectivity index (χ3v) is 7.63. The minimum atomic E-state index is -0.504.